The van der Waals surface area contributed by atoms with Gasteiger partial charge in [-0.15, -0.1) is 0 Å². The molecule has 0 bridgehead atoms. The van der Waals surface area contributed by atoms with Crippen LogP contribution in [0.5, 0.6) is 11.5 Å². The fraction of sp³-hybridized carbons (Fsp3) is 0.500. The second-order valence-corrected chi connectivity index (χ2v) is 8.91. The first-order chi connectivity index (χ1) is 17.7. The highest BCUT2D eigenvalue weighted by atomic mass is 16.7. The number of aliphatic hydroxyl groups is 6. The summed E-state index contributed by atoms with van der Waals surface area (Å²) in [5.74, 6) is 0.822. The molecule has 1 amide bonds. The molecule has 37 heavy (non-hydrogen) atoms. The van der Waals surface area contributed by atoms with Gasteiger partial charge in [0.05, 0.1) is 31.8 Å². The molecule has 1 saturated heterocycles. The molecule has 0 spiro atoms. The van der Waals surface area contributed by atoms with Gasteiger partial charge in [0.25, 0.3) is 0 Å². The van der Waals surface area contributed by atoms with E-state index in [4.69, 9.17) is 14.2 Å². The van der Waals surface area contributed by atoms with E-state index >= 15 is 0 Å². The fourth-order valence-electron chi connectivity index (χ4n) is 3.88. The van der Waals surface area contributed by atoms with Crippen molar-refractivity contribution in [2.75, 3.05) is 13.2 Å². The number of hydrogen-bond acceptors (Lipinski definition) is 10. The second kappa shape index (κ2) is 13.8. The molecule has 1 fully saturated rings. The van der Waals surface area contributed by atoms with E-state index in [-0.39, 0.29) is 12.8 Å². The third-order valence-corrected chi connectivity index (χ3v) is 6.13. The van der Waals surface area contributed by atoms with Gasteiger partial charge in [-0.2, -0.15) is 0 Å². The number of hydrogen-bond donors (Lipinski definition) is 7. The zero-order chi connectivity index (χ0) is 26.9. The van der Waals surface area contributed by atoms with Crippen LogP contribution in [0.15, 0.2) is 54.6 Å². The van der Waals surface area contributed by atoms with Crippen molar-refractivity contribution in [2.24, 2.45) is 0 Å². The Morgan fingerprint density at radius 1 is 0.973 bits per heavy atom. The van der Waals surface area contributed by atoms with Gasteiger partial charge in [0.15, 0.2) is 6.29 Å². The maximum atomic E-state index is 12.7. The maximum absolute atomic E-state index is 12.7. The Hall–Kier alpha value is -2.61. The highest BCUT2D eigenvalue weighted by Gasteiger charge is 2.44. The van der Waals surface area contributed by atoms with Crippen molar-refractivity contribution in [3.63, 3.8) is 0 Å². The molecular formula is C26H35NO10. The Kier molecular flexibility index (Phi) is 10.8. The van der Waals surface area contributed by atoms with Gasteiger partial charge in [-0.3, -0.25) is 4.79 Å². The molecule has 8 atom stereocenters. The summed E-state index contributed by atoms with van der Waals surface area (Å²) in [4.78, 5) is 12.7. The average molecular weight is 522 g/mol. The molecule has 1 aliphatic heterocycles. The summed E-state index contributed by atoms with van der Waals surface area (Å²) in [6, 6.07) is 15.1. The molecule has 1 aliphatic rings. The number of aliphatic hydroxyl groups excluding tert-OH is 6. The first-order valence-electron chi connectivity index (χ1n) is 12.1. The predicted octanol–water partition coefficient (Wildman–Crippen LogP) is -0.545. The maximum Gasteiger partial charge on any atom is 0.224 e. The summed E-state index contributed by atoms with van der Waals surface area (Å²) in [5, 5.41) is 62.7. The average Bonchev–Trinajstić information content (AvgIpc) is 2.91. The van der Waals surface area contributed by atoms with Gasteiger partial charge in [0, 0.05) is 0 Å². The largest absolute Gasteiger partial charge is 0.457 e. The van der Waals surface area contributed by atoms with Gasteiger partial charge in [-0.25, -0.2) is 0 Å². The van der Waals surface area contributed by atoms with E-state index in [0.29, 0.717) is 17.1 Å². The summed E-state index contributed by atoms with van der Waals surface area (Å²) in [6.07, 6.45) is -9.84. The van der Waals surface area contributed by atoms with E-state index in [1.165, 1.54) is 0 Å². The Morgan fingerprint density at radius 2 is 1.62 bits per heavy atom. The van der Waals surface area contributed by atoms with Crippen LogP contribution in [0.4, 0.5) is 0 Å². The van der Waals surface area contributed by atoms with Gasteiger partial charge in [0.1, 0.15) is 42.0 Å². The minimum absolute atomic E-state index is 0.0307. The Balaban J connectivity index is 1.60. The smallest absolute Gasteiger partial charge is 0.224 e. The zero-order valence-electron chi connectivity index (χ0n) is 20.5. The van der Waals surface area contributed by atoms with Crippen molar-refractivity contribution in [1.82, 2.24) is 5.32 Å². The van der Waals surface area contributed by atoms with Crippen molar-refractivity contribution >= 4 is 5.91 Å². The number of amides is 1. The Bertz CT molecular complexity index is 958. The summed E-state index contributed by atoms with van der Waals surface area (Å²) in [7, 11) is 0. The fourth-order valence-corrected chi connectivity index (χ4v) is 3.88. The van der Waals surface area contributed by atoms with Crippen LogP contribution in [-0.2, 0) is 20.7 Å². The van der Waals surface area contributed by atoms with E-state index in [0.717, 1.165) is 0 Å². The molecule has 11 nitrogen and oxygen atoms in total. The van der Waals surface area contributed by atoms with E-state index in [1.807, 2.05) is 30.3 Å². The van der Waals surface area contributed by atoms with Gasteiger partial charge >= 0.3 is 0 Å². The zero-order valence-corrected chi connectivity index (χ0v) is 20.5. The summed E-state index contributed by atoms with van der Waals surface area (Å²) >= 11 is 0. The van der Waals surface area contributed by atoms with Crippen LogP contribution in [-0.4, -0.2) is 98.7 Å². The third kappa shape index (κ3) is 7.94. The monoisotopic (exact) mass is 521 g/mol. The van der Waals surface area contributed by atoms with Crippen molar-refractivity contribution in [1.29, 1.82) is 0 Å². The molecule has 0 aromatic heterocycles. The molecule has 11 heteroatoms. The number of benzene rings is 2. The van der Waals surface area contributed by atoms with E-state index < -0.39 is 68.1 Å². The highest BCUT2D eigenvalue weighted by Crippen LogP contribution is 2.23. The van der Waals surface area contributed by atoms with Crippen molar-refractivity contribution < 1.29 is 49.6 Å². The molecular weight excluding hydrogens is 486 g/mol. The van der Waals surface area contributed by atoms with Crippen LogP contribution in [0.3, 0.4) is 0 Å². The lowest BCUT2D eigenvalue weighted by molar-refractivity contribution is -0.303. The lowest BCUT2D eigenvalue weighted by atomic mass is 9.99. The number of ether oxygens (including phenoxy) is 3. The van der Waals surface area contributed by atoms with Crippen LogP contribution >= 0.6 is 0 Å². The van der Waals surface area contributed by atoms with Crippen molar-refractivity contribution in [2.45, 2.75) is 68.7 Å². The molecule has 0 saturated carbocycles. The summed E-state index contributed by atoms with van der Waals surface area (Å²) in [6.45, 7) is 0.637. The lowest BCUT2D eigenvalue weighted by Crippen LogP contribution is -2.60. The molecule has 7 N–H and O–H groups in total. The van der Waals surface area contributed by atoms with E-state index in [2.05, 4.69) is 5.32 Å². The van der Waals surface area contributed by atoms with Crippen LogP contribution in [0.2, 0.25) is 0 Å². The van der Waals surface area contributed by atoms with Gasteiger partial charge in [-0.05, 0) is 36.2 Å². The van der Waals surface area contributed by atoms with Crippen LogP contribution in [0.1, 0.15) is 18.9 Å². The molecule has 2 unspecified atom stereocenters. The molecule has 2 aromatic rings. The summed E-state index contributed by atoms with van der Waals surface area (Å²) in [5.41, 5.74) is 0.678. The van der Waals surface area contributed by atoms with Gasteiger partial charge in [0.2, 0.25) is 5.91 Å². The number of rotatable bonds is 12. The molecule has 1 heterocycles. The Labute approximate surface area is 214 Å². The van der Waals surface area contributed by atoms with E-state index in [1.54, 1.807) is 31.2 Å². The number of carbonyl (C=O) groups is 1. The van der Waals surface area contributed by atoms with Gasteiger partial charge in [-0.1, -0.05) is 37.3 Å². The van der Waals surface area contributed by atoms with Crippen molar-refractivity contribution in [3.8, 4) is 11.5 Å². The number of nitrogens with one attached hydrogen (secondary N) is 1. The predicted molar refractivity (Wildman–Crippen MR) is 131 cm³/mol. The SMILES string of the molecule is CC[C@@H](O)[C@@H](O)[C@H](CO[C@H]1OC(CO)[C@@H](O)C(O)[C@@H]1O)NC(=O)Cc1ccc(Oc2ccccc2)cc1. The first-order valence-corrected chi connectivity index (χ1v) is 12.1. The summed E-state index contributed by atoms with van der Waals surface area (Å²) < 4.78 is 16.5. The molecule has 3 rings (SSSR count). The normalized spacial score (nSPS) is 26.2. The number of para-hydroxylation sites is 1. The highest BCUT2D eigenvalue weighted by molar-refractivity contribution is 5.79. The minimum atomic E-state index is -1.64. The van der Waals surface area contributed by atoms with Gasteiger partial charge < -0.3 is 50.2 Å². The molecule has 2 aromatic carbocycles. The number of carbonyl (C=O) groups excluding carboxylic acids is 1. The topological polar surface area (TPSA) is 178 Å². The molecule has 0 aliphatic carbocycles. The van der Waals surface area contributed by atoms with Crippen LogP contribution in [0.25, 0.3) is 0 Å². The Morgan fingerprint density at radius 3 is 2.24 bits per heavy atom. The standard InChI is InChI=1S/C26H35NO10/c1-2-19(29)22(31)18(14-35-26-25(34)24(33)23(32)20(13-28)37-26)27-21(30)12-15-8-10-17(11-9-15)36-16-6-4-3-5-7-16/h3-11,18-20,22-26,28-29,31-34H,2,12-14H2,1H3,(H,27,30)/t18-,19+,20?,22-,23+,24?,25-,26-/m0/s1. The van der Waals surface area contributed by atoms with Crippen LogP contribution in [0, 0.1) is 0 Å². The van der Waals surface area contributed by atoms with Crippen LogP contribution < -0.4 is 10.1 Å². The third-order valence-electron chi connectivity index (χ3n) is 6.13. The molecule has 0 radical (unpaired) electrons. The quantitative estimate of drug-likeness (QED) is 0.192. The van der Waals surface area contributed by atoms with E-state index in [9.17, 15) is 35.4 Å². The minimum Gasteiger partial charge on any atom is -0.457 e. The van der Waals surface area contributed by atoms with Crippen molar-refractivity contribution in [3.05, 3.63) is 60.2 Å². The second-order valence-electron chi connectivity index (χ2n) is 8.91. The lowest BCUT2D eigenvalue weighted by Gasteiger charge is -2.40. The first kappa shape index (κ1) is 29.0. The molecule has 204 valence electrons.